The predicted octanol–water partition coefficient (Wildman–Crippen LogP) is 3.51. The Morgan fingerprint density at radius 2 is 2.03 bits per heavy atom. The molecule has 1 saturated heterocycles. The summed E-state index contributed by atoms with van der Waals surface area (Å²) in [6.07, 6.45) is 0.824. The van der Waals surface area contributed by atoms with Crippen LogP contribution in [0.5, 0.6) is 0 Å². The summed E-state index contributed by atoms with van der Waals surface area (Å²) in [4.78, 5) is 15.9. The van der Waals surface area contributed by atoms with E-state index in [-0.39, 0.29) is 18.5 Å². The molecule has 1 fully saturated rings. The summed E-state index contributed by atoms with van der Waals surface area (Å²) in [5.41, 5.74) is -0.0248. The molecule has 12 heteroatoms. The molecule has 3 heterocycles. The van der Waals surface area contributed by atoms with Crippen molar-refractivity contribution in [2.45, 2.75) is 51.9 Å². The summed E-state index contributed by atoms with van der Waals surface area (Å²) in [5.74, 6) is 0.930. The van der Waals surface area contributed by atoms with Crippen molar-refractivity contribution in [3.63, 3.8) is 0 Å². The third-order valence-electron chi connectivity index (χ3n) is 5.35. The number of tetrazole rings is 1. The van der Waals surface area contributed by atoms with Crippen LogP contribution >= 0.6 is 0 Å². The molecule has 1 aliphatic heterocycles. The number of carbonyl (C=O) groups excluding carboxylic acids is 1. The number of benzene rings is 1. The normalized spacial score (nSPS) is 17.1. The number of amides is 1. The zero-order valence-corrected chi connectivity index (χ0v) is 18.1. The van der Waals surface area contributed by atoms with Crippen molar-refractivity contribution >= 4 is 12.0 Å². The van der Waals surface area contributed by atoms with E-state index in [1.165, 1.54) is 23.0 Å². The lowest BCUT2D eigenvalue weighted by Crippen LogP contribution is -2.37. The Morgan fingerprint density at radius 3 is 2.70 bits per heavy atom. The quantitative estimate of drug-likeness (QED) is 0.536. The van der Waals surface area contributed by atoms with E-state index in [9.17, 15) is 18.0 Å². The molecule has 1 amide bonds. The molecule has 0 spiro atoms. The summed E-state index contributed by atoms with van der Waals surface area (Å²) < 4.78 is 45.3. The highest BCUT2D eigenvalue weighted by atomic mass is 19.4. The van der Waals surface area contributed by atoms with Crippen LogP contribution in [-0.4, -0.2) is 47.8 Å². The molecule has 0 aliphatic carbocycles. The Hall–Kier alpha value is -3.57. The lowest BCUT2D eigenvalue weighted by molar-refractivity contribution is -0.137. The monoisotopic (exact) mass is 461 g/mol. The average Bonchev–Trinajstić information content (AvgIpc) is 3.39. The van der Waals surface area contributed by atoms with Gasteiger partial charge in [-0.2, -0.15) is 18.0 Å². The van der Waals surface area contributed by atoms with Gasteiger partial charge in [-0.15, -0.1) is 20.4 Å². The summed E-state index contributed by atoms with van der Waals surface area (Å²) in [7, 11) is 0. The van der Waals surface area contributed by atoms with Gasteiger partial charge in [-0.1, -0.05) is 6.07 Å². The molecule has 1 aromatic carbocycles. The van der Waals surface area contributed by atoms with Gasteiger partial charge in [0.05, 0.1) is 12.1 Å². The van der Waals surface area contributed by atoms with Crippen molar-refractivity contribution in [1.82, 2.24) is 35.3 Å². The maximum Gasteiger partial charge on any atom is 0.416 e. The minimum absolute atomic E-state index is 0.0216. The number of alkyl halides is 3. The molecule has 1 aliphatic rings. The second kappa shape index (κ2) is 9.12. The van der Waals surface area contributed by atoms with Gasteiger partial charge < -0.3 is 9.32 Å². The van der Waals surface area contributed by atoms with E-state index in [1.807, 2.05) is 0 Å². The standard InChI is InChI=1S/C21H22F3N7O2/c1-13-25-29-31(28-13)12-16-11-17(21(22,23)24)8-6-15(16)7-9-19(32)30-10-4-3-5-18(30)20-27-26-14(2)33-20/h6-9,11,18H,3-5,10,12H2,1-2H3/b9-7+. The first-order chi connectivity index (χ1) is 15.7. The van der Waals surface area contributed by atoms with Crippen molar-refractivity contribution in [3.05, 3.63) is 58.6 Å². The van der Waals surface area contributed by atoms with Crippen molar-refractivity contribution in [3.8, 4) is 0 Å². The largest absolute Gasteiger partial charge is 0.423 e. The van der Waals surface area contributed by atoms with Crippen LogP contribution in [0.2, 0.25) is 0 Å². The highest BCUT2D eigenvalue weighted by Crippen LogP contribution is 2.32. The summed E-state index contributed by atoms with van der Waals surface area (Å²) in [6, 6.07) is 3.03. The molecule has 3 aromatic rings. The summed E-state index contributed by atoms with van der Waals surface area (Å²) >= 11 is 0. The van der Waals surface area contributed by atoms with Crippen LogP contribution in [0.15, 0.2) is 28.7 Å². The van der Waals surface area contributed by atoms with Gasteiger partial charge in [-0.3, -0.25) is 4.79 Å². The second-order valence-corrected chi connectivity index (χ2v) is 7.81. The van der Waals surface area contributed by atoms with Crippen LogP contribution in [0.4, 0.5) is 13.2 Å². The van der Waals surface area contributed by atoms with Gasteiger partial charge in [0, 0.05) is 19.5 Å². The molecule has 33 heavy (non-hydrogen) atoms. The third-order valence-corrected chi connectivity index (χ3v) is 5.35. The van der Waals surface area contributed by atoms with Crippen LogP contribution < -0.4 is 0 Å². The molecule has 0 radical (unpaired) electrons. The van der Waals surface area contributed by atoms with Crippen LogP contribution in [0.1, 0.15) is 59.6 Å². The number of halogens is 3. The Labute approximate surface area is 187 Å². The fourth-order valence-electron chi connectivity index (χ4n) is 3.78. The van der Waals surface area contributed by atoms with Crippen molar-refractivity contribution in [1.29, 1.82) is 0 Å². The van der Waals surface area contributed by atoms with Crippen LogP contribution in [0.25, 0.3) is 6.08 Å². The van der Waals surface area contributed by atoms with Crippen LogP contribution in [0.3, 0.4) is 0 Å². The molecular weight excluding hydrogens is 439 g/mol. The molecule has 0 bridgehead atoms. The Bertz CT molecular complexity index is 1170. The van der Waals surface area contributed by atoms with Gasteiger partial charge in [0.25, 0.3) is 0 Å². The lowest BCUT2D eigenvalue weighted by Gasteiger charge is -2.32. The number of aryl methyl sites for hydroxylation is 2. The first-order valence-electron chi connectivity index (χ1n) is 10.4. The number of piperidine rings is 1. The fraction of sp³-hybridized carbons (Fsp3) is 0.429. The van der Waals surface area contributed by atoms with Gasteiger partial charge in [0.1, 0.15) is 6.04 Å². The Kier molecular flexibility index (Phi) is 6.25. The van der Waals surface area contributed by atoms with E-state index in [1.54, 1.807) is 18.7 Å². The number of aromatic nitrogens is 6. The number of hydrogen-bond donors (Lipinski definition) is 0. The van der Waals surface area contributed by atoms with Gasteiger partial charge in [0.15, 0.2) is 5.82 Å². The minimum Gasteiger partial charge on any atom is -0.423 e. The SMILES string of the molecule is Cc1nnn(Cc2cc(C(F)(F)F)ccc2/C=C/C(=O)N2CCCCC2c2nnc(C)o2)n1. The van der Waals surface area contributed by atoms with Gasteiger partial charge in [-0.05, 0) is 60.7 Å². The molecule has 1 unspecified atom stereocenters. The smallest absolute Gasteiger partial charge is 0.416 e. The van der Waals surface area contributed by atoms with Gasteiger partial charge in [0.2, 0.25) is 17.7 Å². The van der Waals surface area contributed by atoms with Crippen molar-refractivity contribution < 1.29 is 22.4 Å². The van der Waals surface area contributed by atoms with Gasteiger partial charge in [-0.25, -0.2) is 0 Å². The average molecular weight is 461 g/mol. The number of carbonyl (C=O) groups is 1. The first kappa shape index (κ1) is 22.6. The molecule has 2 aromatic heterocycles. The van der Waals surface area contributed by atoms with Crippen molar-refractivity contribution in [2.75, 3.05) is 6.54 Å². The first-order valence-corrected chi connectivity index (χ1v) is 10.4. The van der Waals surface area contributed by atoms with Crippen LogP contribution in [0, 0.1) is 13.8 Å². The zero-order chi connectivity index (χ0) is 23.6. The maximum atomic E-state index is 13.3. The molecule has 174 valence electrons. The van der Waals surface area contributed by atoms with Crippen molar-refractivity contribution in [2.24, 2.45) is 0 Å². The highest BCUT2D eigenvalue weighted by Gasteiger charge is 2.32. The molecular formula is C21H22F3N7O2. The van der Waals surface area contributed by atoms with E-state index in [0.717, 1.165) is 25.0 Å². The van der Waals surface area contributed by atoms with E-state index in [2.05, 4.69) is 25.6 Å². The molecule has 0 N–H and O–H groups in total. The number of likely N-dealkylation sites (tertiary alicyclic amines) is 1. The molecule has 9 nitrogen and oxygen atoms in total. The van der Waals surface area contributed by atoms with E-state index < -0.39 is 11.7 Å². The number of nitrogens with zero attached hydrogens (tertiary/aromatic N) is 7. The van der Waals surface area contributed by atoms with E-state index >= 15 is 0 Å². The topological polar surface area (TPSA) is 103 Å². The van der Waals surface area contributed by atoms with E-state index in [4.69, 9.17) is 4.42 Å². The molecule has 1 atom stereocenters. The van der Waals surface area contributed by atoms with E-state index in [0.29, 0.717) is 41.7 Å². The lowest BCUT2D eigenvalue weighted by atomic mass is 10.0. The summed E-state index contributed by atoms with van der Waals surface area (Å²) in [5, 5.41) is 19.5. The second-order valence-electron chi connectivity index (χ2n) is 7.81. The van der Waals surface area contributed by atoms with Gasteiger partial charge >= 0.3 is 6.18 Å². The maximum absolute atomic E-state index is 13.3. The zero-order valence-electron chi connectivity index (χ0n) is 18.1. The number of hydrogen-bond acceptors (Lipinski definition) is 7. The summed E-state index contributed by atoms with van der Waals surface area (Å²) in [6.45, 7) is 3.82. The third kappa shape index (κ3) is 5.26. The fourth-order valence-corrected chi connectivity index (χ4v) is 3.78. The Morgan fingerprint density at radius 1 is 1.21 bits per heavy atom. The number of rotatable bonds is 5. The molecule has 4 rings (SSSR count). The minimum atomic E-state index is -4.50. The predicted molar refractivity (Wildman–Crippen MR) is 109 cm³/mol. The molecule has 0 saturated carbocycles. The Balaban J connectivity index is 1.59. The van der Waals surface area contributed by atoms with Crippen LogP contribution in [-0.2, 0) is 17.5 Å². The highest BCUT2D eigenvalue weighted by molar-refractivity contribution is 5.92.